The predicted molar refractivity (Wildman–Crippen MR) is 128 cm³/mol. The van der Waals surface area contributed by atoms with Gasteiger partial charge in [-0.2, -0.15) is 0 Å². The molecule has 0 saturated carbocycles. The summed E-state index contributed by atoms with van der Waals surface area (Å²) in [5, 5.41) is 3.48. The van der Waals surface area contributed by atoms with Crippen LogP contribution in [0, 0.1) is 0 Å². The average molecular weight is 524 g/mol. The van der Waals surface area contributed by atoms with Gasteiger partial charge in [0.25, 0.3) is 0 Å². The average Bonchev–Trinajstić information content (AvgIpc) is 3.24. The third-order valence-corrected chi connectivity index (χ3v) is 5.18. The molecule has 1 unspecified atom stereocenters. The van der Waals surface area contributed by atoms with Gasteiger partial charge in [-0.25, -0.2) is 9.97 Å². The fourth-order valence-corrected chi connectivity index (χ4v) is 3.65. The quantitative estimate of drug-likeness (QED) is 0.365. The Morgan fingerprint density at radius 2 is 2.07 bits per heavy atom. The molecule has 0 aliphatic carbocycles. The second-order valence-corrected chi connectivity index (χ2v) is 7.17. The summed E-state index contributed by atoms with van der Waals surface area (Å²) in [6, 6.07) is 9.91. The number of likely N-dealkylation sites (tertiary alicyclic amines) is 1. The van der Waals surface area contributed by atoms with Crippen molar-refractivity contribution >= 4 is 35.8 Å². The van der Waals surface area contributed by atoms with E-state index in [1.54, 1.807) is 6.20 Å². The molecule has 162 valence electrons. The molecule has 4 rings (SSSR count). The first-order chi connectivity index (χ1) is 14.3. The van der Waals surface area contributed by atoms with E-state index in [1.807, 2.05) is 37.5 Å². The number of halogens is 1. The lowest BCUT2D eigenvalue weighted by atomic mass is 10.2. The van der Waals surface area contributed by atoms with Crippen LogP contribution in [0.3, 0.4) is 0 Å². The van der Waals surface area contributed by atoms with Gasteiger partial charge in [0.1, 0.15) is 11.9 Å². The van der Waals surface area contributed by atoms with E-state index < -0.39 is 0 Å². The molecule has 2 aliphatic rings. The maximum Gasteiger partial charge on any atom is 0.213 e. The Morgan fingerprint density at radius 1 is 1.20 bits per heavy atom. The largest absolute Gasteiger partial charge is 0.472 e. The molecular formula is C21H29IN6O2. The predicted octanol–water partition coefficient (Wildman–Crippen LogP) is 2.16. The molecule has 2 aromatic rings. The second-order valence-electron chi connectivity index (χ2n) is 7.17. The number of pyridine rings is 2. The SMILES string of the molecule is CN=C(NCc1ccnc(N2CCOCC2)c1)N1CCC(Oc2ccccn2)C1.I. The highest BCUT2D eigenvalue weighted by Gasteiger charge is 2.26. The first kappa shape index (κ1) is 22.5. The highest BCUT2D eigenvalue weighted by atomic mass is 127. The van der Waals surface area contributed by atoms with E-state index in [2.05, 4.69) is 36.1 Å². The number of rotatable bonds is 5. The summed E-state index contributed by atoms with van der Waals surface area (Å²) < 4.78 is 11.4. The van der Waals surface area contributed by atoms with E-state index in [-0.39, 0.29) is 30.1 Å². The van der Waals surface area contributed by atoms with Crippen LogP contribution in [0.25, 0.3) is 0 Å². The third kappa shape index (κ3) is 5.94. The molecule has 0 amide bonds. The van der Waals surface area contributed by atoms with Crippen molar-refractivity contribution < 1.29 is 9.47 Å². The summed E-state index contributed by atoms with van der Waals surface area (Å²) >= 11 is 0. The Hall–Kier alpha value is -2.14. The van der Waals surface area contributed by atoms with E-state index in [4.69, 9.17) is 9.47 Å². The molecule has 30 heavy (non-hydrogen) atoms. The molecule has 2 aliphatic heterocycles. The van der Waals surface area contributed by atoms with E-state index in [1.165, 1.54) is 5.56 Å². The zero-order valence-corrected chi connectivity index (χ0v) is 19.6. The minimum absolute atomic E-state index is 0. The van der Waals surface area contributed by atoms with Gasteiger partial charge in [0.2, 0.25) is 5.88 Å². The Morgan fingerprint density at radius 3 is 2.83 bits per heavy atom. The van der Waals surface area contributed by atoms with Crippen LogP contribution < -0.4 is 15.0 Å². The number of guanidine groups is 1. The number of aliphatic imine (C=N–C) groups is 1. The number of ether oxygens (including phenoxy) is 2. The van der Waals surface area contributed by atoms with Gasteiger partial charge in [0, 0.05) is 58.1 Å². The Kier molecular flexibility index (Phi) is 8.50. The van der Waals surface area contributed by atoms with Gasteiger partial charge in [0.05, 0.1) is 19.8 Å². The van der Waals surface area contributed by atoms with Crippen molar-refractivity contribution in [1.82, 2.24) is 20.2 Å². The third-order valence-electron chi connectivity index (χ3n) is 5.18. The number of nitrogens with zero attached hydrogens (tertiary/aromatic N) is 5. The fraction of sp³-hybridized carbons (Fsp3) is 0.476. The number of morpholine rings is 1. The molecule has 4 heterocycles. The number of hydrogen-bond donors (Lipinski definition) is 1. The van der Waals surface area contributed by atoms with Crippen LogP contribution >= 0.6 is 24.0 Å². The lowest BCUT2D eigenvalue weighted by molar-refractivity contribution is 0.122. The van der Waals surface area contributed by atoms with Crippen molar-refractivity contribution in [2.45, 2.75) is 19.1 Å². The van der Waals surface area contributed by atoms with Crippen LogP contribution in [0.5, 0.6) is 5.88 Å². The zero-order valence-electron chi connectivity index (χ0n) is 17.2. The molecule has 2 aromatic heterocycles. The smallest absolute Gasteiger partial charge is 0.213 e. The molecule has 1 N–H and O–H groups in total. The van der Waals surface area contributed by atoms with E-state index >= 15 is 0 Å². The summed E-state index contributed by atoms with van der Waals surface area (Å²) in [4.78, 5) is 17.7. The van der Waals surface area contributed by atoms with Crippen LogP contribution in [-0.2, 0) is 11.3 Å². The monoisotopic (exact) mass is 524 g/mol. The van der Waals surface area contributed by atoms with Gasteiger partial charge in [-0.15, -0.1) is 24.0 Å². The minimum Gasteiger partial charge on any atom is -0.472 e. The molecule has 9 heteroatoms. The van der Waals surface area contributed by atoms with Gasteiger partial charge in [-0.3, -0.25) is 4.99 Å². The molecule has 0 bridgehead atoms. The first-order valence-electron chi connectivity index (χ1n) is 10.1. The van der Waals surface area contributed by atoms with Gasteiger partial charge >= 0.3 is 0 Å². The maximum atomic E-state index is 5.99. The van der Waals surface area contributed by atoms with Crippen molar-refractivity contribution in [3.8, 4) is 5.88 Å². The van der Waals surface area contributed by atoms with Crippen LogP contribution in [0.15, 0.2) is 47.7 Å². The molecule has 8 nitrogen and oxygen atoms in total. The van der Waals surface area contributed by atoms with Gasteiger partial charge < -0.3 is 24.6 Å². The highest BCUT2D eigenvalue weighted by molar-refractivity contribution is 14.0. The summed E-state index contributed by atoms with van der Waals surface area (Å²) in [5.74, 6) is 2.57. The first-order valence-corrected chi connectivity index (χ1v) is 10.1. The van der Waals surface area contributed by atoms with Crippen LogP contribution in [-0.4, -0.2) is 73.4 Å². The second kappa shape index (κ2) is 11.3. The highest BCUT2D eigenvalue weighted by Crippen LogP contribution is 2.17. The van der Waals surface area contributed by atoms with Crippen molar-refractivity contribution in [1.29, 1.82) is 0 Å². The zero-order chi connectivity index (χ0) is 19.9. The van der Waals surface area contributed by atoms with E-state index in [0.717, 1.165) is 57.6 Å². The van der Waals surface area contributed by atoms with E-state index in [0.29, 0.717) is 12.4 Å². The van der Waals surface area contributed by atoms with Crippen molar-refractivity contribution in [2.75, 3.05) is 51.3 Å². The van der Waals surface area contributed by atoms with Crippen molar-refractivity contribution in [3.63, 3.8) is 0 Å². The molecule has 0 aromatic carbocycles. The topological polar surface area (TPSA) is 75.1 Å². The van der Waals surface area contributed by atoms with Crippen molar-refractivity contribution in [3.05, 3.63) is 48.3 Å². The summed E-state index contributed by atoms with van der Waals surface area (Å²) in [6.45, 7) is 5.70. The minimum atomic E-state index is 0. The van der Waals surface area contributed by atoms with Crippen LogP contribution in [0.4, 0.5) is 5.82 Å². The normalized spacial score (nSPS) is 19.4. The summed E-state index contributed by atoms with van der Waals surface area (Å²) in [6.07, 6.45) is 4.70. The molecule has 2 saturated heterocycles. The van der Waals surface area contributed by atoms with Crippen LogP contribution in [0.1, 0.15) is 12.0 Å². The molecule has 0 radical (unpaired) electrons. The number of hydrogen-bond acceptors (Lipinski definition) is 6. The van der Waals surface area contributed by atoms with Gasteiger partial charge in [-0.05, 0) is 23.8 Å². The lowest BCUT2D eigenvalue weighted by Gasteiger charge is -2.28. The van der Waals surface area contributed by atoms with Crippen molar-refractivity contribution in [2.24, 2.45) is 4.99 Å². The van der Waals surface area contributed by atoms with Gasteiger partial charge in [0.15, 0.2) is 5.96 Å². The van der Waals surface area contributed by atoms with E-state index in [9.17, 15) is 0 Å². The molecular weight excluding hydrogens is 495 g/mol. The fourth-order valence-electron chi connectivity index (χ4n) is 3.65. The summed E-state index contributed by atoms with van der Waals surface area (Å²) in [5.41, 5.74) is 1.18. The summed E-state index contributed by atoms with van der Waals surface area (Å²) in [7, 11) is 1.82. The molecule has 2 fully saturated rings. The number of nitrogens with one attached hydrogen (secondary N) is 1. The maximum absolute atomic E-state index is 5.99. The Labute approximate surface area is 194 Å². The standard InChI is InChI=1S/C21H28N6O2.HI/c1-22-21(27-9-6-18(16-27)29-20-4-2-3-7-24-20)25-15-17-5-8-23-19(14-17)26-10-12-28-13-11-26;/h2-5,7-8,14,18H,6,9-13,15-16H2,1H3,(H,22,25);1H. The molecule has 1 atom stereocenters. The number of aromatic nitrogens is 2. The Bertz CT molecular complexity index is 816. The van der Waals surface area contributed by atoms with Gasteiger partial charge in [-0.1, -0.05) is 6.07 Å². The number of anilines is 1. The lowest BCUT2D eigenvalue weighted by Crippen LogP contribution is -2.40. The van der Waals surface area contributed by atoms with Crippen LogP contribution in [0.2, 0.25) is 0 Å². The molecule has 0 spiro atoms. The Balaban J connectivity index is 0.00000256.